The van der Waals surface area contributed by atoms with Gasteiger partial charge in [0.15, 0.2) is 0 Å². The van der Waals surface area contributed by atoms with Gasteiger partial charge in [-0.2, -0.15) is 5.10 Å². The van der Waals surface area contributed by atoms with Crippen molar-refractivity contribution in [3.8, 4) is 0 Å². The molecule has 0 bridgehead atoms. The lowest BCUT2D eigenvalue weighted by molar-refractivity contribution is -0.133. The fourth-order valence-corrected chi connectivity index (χ4v) is 3.25. The number of aliphatic hydroxyl groups is 2. The molecule has 0 aromatic carbocycles. The van der Waals surface area contributed by atoms with E-state index in [4.69, 9.17) is 5.11 Å². The molecule has 1 amide bonds. The lowest BCUT2D eigenvalue weighted by Crippen LogP contribution is -2.42. The summed E-state index contributed by atoms with van der Waals surface area (Å²) >= 11 is 0. The third-order valence-corrected chi connectivity index (χ3v) is 4.87. The van der Waals surface area contributed by atoms with E-state index in [1.54, 1.807) is 0 Å². The second kappa shape index (κ2) is 7.24. The molecule has 1 saturated heterocycles. The van der Waals surface area contributed by atoms with E-state index in [1.807, 2.05) is 30.5 Å². The number of carbonyl (C=O) groups is 1. The second-order valence-corrected chi connectivity index (χ2v) is 6.24. The summed E-state index contributed by atoms with van der Waals surface area (Å²) in [4.78, 5) is 14.2. The van der Waals surface area contributed by atoms with E-state index in [9.17, 15) is 9.90 Å². The Kier molecular flexibility index (Phi) is 5.58. The maximum absolute atomic E-state index is 12.3. The smallest absolute Gasteiger partial charge is 0.222 e. The van der Waals surface area contributed by atoms with Gasteiger partial charge in [0.2, 0.25) is 5.91 Å². The van der Waals surface area contributed by atoms with Crippen molar-refractivity contribution in [2.75, 3.05) is 19.7 Å². The Hall–Kier alpha value is -1.40. The van der Waals surface area contributed by atoms with Crippen molar-refractivity contribution in [2.45, 2.75) is 45.6 Å². The minimum absolute atomic E-state index is 0.108. The molecule has 6 heteroatoms. The van der Waals surface area contributed by atoms with Crippen molar-refractivity contribution in [1.29, 1.82) is 0 Å². The first-order valence-corrected chi connectivity index (χ1v) is 7.99. The molecule has 1 unspecified atom stereocenters. The second-order valence-electron chi connectivity index (χ2n) is 6.24. The lowest BCUT2D eigenvalue weighted by Gasteiger charge is -2.33. The van der Waals surface area contributed by atoms with Crippen LogP contribution in [0, 0.1) is 19.8 Å². The van der Waals surface area contributed by atoms with E-state index in [0.717, 1.165) is 30.7 Å². The number of aliphatic hydroxyl groups excluding tert-OH is 2. The summed E-state index contributed by atoms with van der Waals surface area (Å²) in [6.07, 6.45) is 2.10. The molecule has 1 aliphatic heterocycles. The highest BCUT2D eigenvalue weighted by Gasteiger charge is 2.27. The molecule has 2 rings (SSSR count). The Morgan fingerprint density at radius 3 is 2.50 bits per heavy atom. The molecular formula is C16H27N3O3. The monoisotopic (exact) mass is 309 g/mol. The van der Waals surface area contributed by atoms with E-state index in [0.29, 0.717) is 19.5 Å². The number of hydrogen-bond donors (Lipinski definition) is 2. The molecule has 1 atom stereocenters. The normalized spacial score (nSPS) is 17.8. The van der Waals surface area contributed by atoms with E-state index in [-0.39, 0.29) is 18.4 Å². The van der Waals surface area contributed by atoms with Gasteiger partial charge in [-0.3, -0.25) is 9.48 Å². The number of rotatable bonds is 5. The van der Waals surface area contributed by atoms with Crippen LogP contribution in [0.5, 0.6) is 0 Å². The summed E-state index contributed by atoms with van der Waals surface area (Å²) in [5.74, 6) is 0.274. The highest BCUT2D eigenvalue weighted by Crippen LogP contribution is 2.22. The van der Waals surface area contributed by atoms with Gasteiger partial charge < -0.3 is 15.1 Å². The minimum Gasteiger partial charge on any atom is -0.394 e. The van der Waals surface area contributed by atoms with Crippen LogP contribution in [0.25, 0.3) is 0 Å². The molecule has 0 radical (unpaired) electrons. The fourth-order valence-electron chi connectivity index (χ4n) is 3.25. The number of aryl methyl sites for hydroxylation is 2. The van der Waals surface area contributed by atoms with Crippen LogP contribution in [0.4, 0.5) is 0 Å². The largest absolute Gasteiger partial charge is 0.394 e. The maximum Gasteiger partial charge on any atom is 0.222 e. The van der Waals surface area contributed by atoms with Crippen LogP contribution in [0.15, 0.2) is 0 Å². The number of carbonyl (C=O) groups excluding carboxylic acids is 1. The van der Waals surface area contributed by atoms with Gasteiger partial charge in [-0.1, -0.05) is 0 Å². The molecule has 1 aromatic heterocycles. The molecular weight excluding hydrogens is 282 g/mol. The molecule has 124 valence electrons. The average Bonchev–Trinajstić information content (AvgIpc) is 2.77. The highest BCUT2D eigenvalue weighted by molar-refractivity contribution is 5.76. The predicted molar refractivity (Wildman–Crippen MR) is 83.4 cm³/mol. The summed E-state index contributed by atoms with van der Waals surface area (Å²) in [6, 6.07) is 0. The summed E-state index contributed by atoms with van der Waals surface area (Å²) in [5, 5.41) is 23.0. The minimum atomic E-state index is -0.655. The first-order valence-electron chi connectivity index (χ1n) is 7.99. The zero-order valence-corrected chi connectivity index (χ0v) is 13.7. The van der Waals surface area contributed by atoms with Gasteiger partial charge in [0.25, 0.3) is 0 Å². The molecule has 0 spiro atoms. The van der Waals surface area contributed by atoms with Crippen LogP contribution < -0.4 is 0 Å². The highest BCUT2D eigenvalue weighted by atomic mass is 16.3. The number of nitrogens with zero attached hydrogens (tertiary/aromatic N) is 3. The maximum atomic E-state index is 12.3. The average molecular weight is 309 g/mol. The van der Waals surface area contributed by atoms with Crippen LogP contribution >= 0.6 is 0 Å². The third-order valence-electron chi connectivity index (χ3n) is 4.87. The van der Waals surface area contributed by atoms with Crippen LogP contribution in [0.3, 0.4) is 0 Å². The van der Waals surface area contributed by atoms with Crippen molar-refractivity contribution in [1.82, 2.24) is 14.7 Å². The van der Waals surface area contributed by atoms with Gasteiger partial charge in [0.05, 0.1) is 18.4 Å². The van der Waals surface area contributed by atoms with Gasteiger partial charge in [-0.05, 0) is 44.6 Å². The van der Waals surface area contributed by atoms with Gasteiger partial charge in [-0.25, -0.2) is 0 Å². The Morgan fingerprint density at radius 1 is 1.36 bits per heavy atom. The number of hydrogen-bond acceptors (Lipinski definition) is 4. The molecule has 1 aliphatic rings. The van der Waals surface area contributed by atoms with Crippen molar-refractivity contribution in [2.24, 2.45) is 13.0 Å². The molecule has 0 aliphatic carbocycles. The van der Waals surface area contributed by atoms with Gasteiger partial charge in [-0.15, -0.1) is 0 Å². The summed E-state index contributed by atoms with van der Waals surface area (Å²) in [5.41, 5.74) is 3.29. The summed E-state index contributed by atoms with van der Waals surface area (Å²) in [6.45, 7) is 5.16. The van der Waals surface area contributed by atoms with Crippen LogP contribution in [0.2, 0.25) is 0 Å². The van der Waals surface area contributed by atoms with Crippen molar-refractivity contribution in [3.05, 3.63) is 17.0 Å². The number of aromatic nitrogens is 2. The van der Waals surface area contributed by atoms with Crippen molar-refractivity contribution in [3.63, 3.8) is 0 Å². The first kappa shape index (κ1) is 17.0. The summed E-state index contributed by atoms with van der Waals surface area (Å²) < 4.78 is 1.86. The lowest BCUT2D eigenvalue weighted by atomic mass is 9.91. The van der Waals surface area contributed by atoms with E-state index in [2.05, 4.69) is 5.10 Å². The van der Waals surface area contributed by atoms with E-state index < -0.39 is 6.10 Å². The Morgan fingerprint density at radius 2 is 2.00 bits per heavy atom. The molecule has 1 fully saturated rings. The topological polar surface area (TPSA) is 78.6 Å². The van der Waals surface area contributed by atoms with Crippen LogP contribution in [-0.4, -0.2) is 56.6 Å². The standard InChI is InChI=1S/C16H27N3O3/c1-11-14(12(2)18(3)17-11)4-5-16(22)19-8-6-13(7-9-19)15(21)10-20/h13,15,20-21H,4-10H2,1-3H3. The van der Waals surface area contributed by atoms with Crippen LogP contribution in [0.1, 0.15) is 36.2 Å². The Labute approximate surface area is 131 Å². The Bertz CT molecular complexity index is 519. The fraction of sp³-hybridized carbons (Fsp3) is 0.750. The third kappa shape index (κ3) is 3.67. The van der Waals surface area contributed by atoms with E-state index >= 15 is 0 Å². The van der Waals surface area contributed by atoms with Gasteiger partial charge in [0, 0.05) is 32.3 Å². The van der Waals surface area contributed by atoms with Crippen molar-refractivity contribution >= 4 is 5.91 Å². The zero-order valence-electron chi connectivity index (χ0n) is 13.7. The van der Waals surface area contributed by atoms with Crippen LogP contribution in [-0.2, 0) is 18.3 Å². The molecule has 1 aromatic rings. The summed E-state index contributed by atoms with van der Waals surface area (Å²) in [7, 11) is 1.92. The number of amides is 1. The van der Waals surface area contributed by atoms with Gasteiger partial charge >= 0.3 is 0 Å². The predicted octanol–water partition coefficient (Wildman–Crippen LogP) is 0.561. The molecule has 0 saturated carbocycles. The first-order chi connectivity index (χ1) is 10.4. The zero-order chi connectivity index (χ0) is 16.3. The Balaban J connectivity index is 1.84. The quantitative estimate of drug-likeness (QED) is 0.833. The van der Waals surface area contributed by atoms with E-state index in [1.165, 1.54) is 5.56 Å². The molecule has 2 N–H and O–H groups in total. The molecule has 6 nitrogen and oxygen atoms in total. The van der Waals surface area contributed by atoms with Crippen molar-refractivity contribution < 1.29 is 15.0 Å². The SMILES string of the molecule is Cc1nn(C)c(C)c1CCC(=O)N1CCC(C(O)CO)CC1. The van der Waals surface area contributed by atoms with Gasteiger partial charge in [0.1, 0.15) is 0 Å². The number of likely N-dealkylation sites (tertiary alicyclic amines) is 1. The molecule has 2 heterocycles. The molecule has 22 heavy (non-hydrogen) atoms. The number of piperidine rings is 1.